The second-order valence-electron chi connectivity index (χ2n) is 4.82. The molecule has 0 aliphatic heterocycles. The zero-order chi connectivity index (χ0) is 14.3. The van der Waals surface area contributed by atoms with Crippen LogP contribution in [-0.4, -0.2) is 34.6 Å². The minimum absolute atomic E-state index is 0.162. The van der Waals surface area contributed by atoms with Crippen LogP contribution in [0.1, 0.15) is 26.7 Å². The van der Waals surface area contributed by atoms with E-state index in [2.05, 4.69) is 10.3 Å². The first kappa shape index (κ1) is 15.2. The molecule has 0 saturated heterocycles. The number of esters is 1. The molecule has 1 heterocycles. The Morgan fingerprint density at radius 3 is 2.68 bits per heavy atom. The van der Waals surface area contributed by atoms with E-state index in [1.807, 2.05) is 18.4 Å². The fraction of sp³-hybridized carbons (Fsp3) is 0.615. The standard InChI is InChI=1S/C13H21N3O3/c1-10(2)8-11(13(18)19-3)15-12(17)4-6-16-7-5-14-9-16/h5,7,9-11H,4,6,8H2,1-3H3,(H,15,17). The maximum atomic E-state index is 11.8. The maximum absolute atomic E-state index is 11.8. The number of nitrogens with one attached hydrogen (secondary N) is 1. The van der Waals surface area contributed by atoms with E-state index in [1.54, 1.807) is 18.7 Å². The SMILES string of the molecule is COC(=O)C(CC(C)C)NC(=O)CCn1ccnc1. The highest BCUT2D eigenvalue weighted by Crippen LogP contribution is 2.06. The highest BCUT2D eigenvalue weighted by atomic mass is 16.5. The quantitative estimate of drug-likeness (QED) is 0.747. The summed E-state index contributed by atoms with van der Waals surface area (Å²) in [5, 5.41) is 2.71. The second kappa shape index (κ2) is 7.56. The normalized spacial score (nSPS) is 12.2. The van der Waals surface area contributed by atoms with Crippen LogP contribution in [0, 0.1) is 5.92 Å². The minimum Gasteiger partial charge on any atom is -0.467 e. The molecule has 0 aromatic carbocycles. The Morgan fingerprint density at radius 2 is 2.16 bits per heavy atom. The van der Waals surface area contributed by atoms with E-state index in [0.29, 0.717) is 25.3 Å². The van der Waals surface area contributed by atoms with Gasteiger partial charge < -0.3 is 14.6 Å². The lowest BCUT2D eigenvalue weighted by molar-refractivity contribution is -0.145. The Balaban J connectivity index is 2.44. The number of hydrogen-bond donors (Lipinski definition) is 1. The van der Waals surface area contributed by atoms with E-state index in [1.165, 1.54) is 7.11 Å². The summed E-state index contributed by atoms with van der Waals surface area (Å²) in [4.78, 5) is 27.3. The maximum Gasteiger partial charge on any atom is 0.328 e. The van der Waals surface area contributed by atoms with Gasteiger partial charge in [-0.05, 0) is 12.3 Å². The van der Waals surface area contributed by atoms with Crippen LogP contribution in [0.25, 0.3) is 0 Å². The van der Waals surface area contributed by atoms with Crippen LogP contribution in [0.2, 0.25) is 0 Å². The van der Waals surface area contributed by atoms with E-state index >= 15 is 0 Å². The van der Waals surface area contributed by atoms with Crippen molar-refractivity contribution < 1.29 is 14.3 Å². The first-order valence-corrected chi connectivity index (χ1v) is 6.36. The van der Waals surface area contributed by atoms with Gasteiger partial charge >= 0.3 is 5.97 Å². The summed E-state index contributed by atoms with van der Waals surface area (Å²) in [6.45, 7) is 4.53. The number of carbonyl (C=O) groups is 2. The van der Waals surface area contributed by atoms with Crippen molar-refractivity contribution in [2.24, 2.45) is 5.92 Å². The summed E-state index contributed by atoms with van der Waals surface area (Å²) in [6, 6.07) is -0.569. The van der Waals surface area contributed by atoms with Gasteiger partial charge in [0.2, 0.25) is 5.91 Å². The van der Waals surface area contributed by atoms with Crippen LogP contribution in [-0.2, 0) is 20.9 Å². The summed E-state index contributed by atoms with van der Waals surface area (Å²) in [7, 11) is 1.33. The summed E-state index contributed by atoms with van der Waals surface area (Å²) in [5.74, 6) is -0.257. The van der Waals surface area contributed by atoms with Gasteiger partial charge in [0.15, 0.2) is 0 Å². The number of hydrogen-bond acceptors (Lipinski definition) is 4. The van der Waals surface area contributed by atoms with Gasteiger partial charge in [0, 0.05) is 25.4 Å². The van der Waals surface area contributed by atoms with Crippen molar-refractivity contribution in [2.45, 2.75) is 39.3 Å². The Kier molecular flexibility index (Phi) is 6.05. The molecule has 1 rings (SSSR count). The average molecular weight is 267 g/mol. The highest BCUT2D eigenvalue weighted by molar-refractivity contribution is 5.84. The number of methoxy groups -OCH3 is 1. The lowest BCUT2D eigenvalue weighted by Gasteiger charge is -2.18. The van der Waals surface area contributed by atoms with Gasteiger partial charge in [-0.3, -0.25) is 4.79 Å². The number of aromatic nitrogens is 2. The Labute approximate surface area is 113 Å². The van der Waals surface area contributed by atoms with Gasteiger partial charge in [0.25, 0.3) is 0 Å². The lowest BCUT2D eigenvalue weighted by Crippen LogP contribution is -2.42. The third-order valence-electron chi connectivity index (χ3n) is 2.68. The van der Waals surface area contributed by atoms with Crippen LogP contribution in [0.15, 0.2) is 18.7 Å². The predicted octanol–water partition coefficient (Wildman–Crippen LogP) is 0.977. The number of amides is 1. The van der Waals surface area contributed by atoms with Crippen LogP contribution >= 0.6 is 0 Å². The molecule has 0 aliphatic rings. The summed E-state index contributed by atoms with van der Waals surface area (Å²) < 4.78 is 6.51. The van der Waals surface area contributed by atoms with E-state index in [0.717, 1.165) is 0 Å². The molecule has 0 saturated carbocycles. The molecule has 0 bridgehead atoms. The van der Waals surface area contributed by atoms with E-state index in [9.17, 15) is 9.59 Å². The van der Waals surface area contributed by atoms with E-state index in [4.69, 9.17) is 4.74 Å². The van der Waals surface area contributed by atoms with Gasteiger partial charge in [-0.1, -0.05) is 13.8 Å². The third-order valence-corrected chi connectivity index (χ3v) is 2.68. The molecule has 1 N–H and O–H groups in total. The molecule has 6 nitrogen and oxygen atoms in total. The molecule has 1 aromatic rings. The number of ether oxygens (including phenoxy) is 1. The molecule has 1 aromatic heterocycles. The lowest BCUT2D eigenvalue weighted by atomic mass is 10.0. The van der Waals surface area contributed by atoms with Crippen molar-refractivity contribution >= 4 is 11.9 Å². The Morgan fingerprint density at radius 1 is 1.42 bits per heavy atom. The molecule has 0 aliphatic carbocycles. The van der Waals surface area contributed by atoms with Gasteiger partial charge in [0.1, 0.15) is 6.04 Å². The number of aryl methyl sites for hydroxylation is 1. The first-order chi connectivity index (χ1) is 9.02. The molecule has 1 amide bonds. The molecule has 19 heavy (non-hydrogen) atoms. The zero-order valence-corrected chi connectivity index (χ0v) is 11.6. The summed E-state index contributed by atoms with van der Waals surface area (Å²) in [5.41, 5.74) is 0. The molecule has 0 radical (unpaired) electrons. The van der Waals surface area contributed by atoms with Gasteiger partial charge in [0.05, 0.1) is 13.4 Å². The predicted molar refractivity (Wildman–Crippen MR) is 70.2 cm³/mol. The molecule has 0 spiro atoms. The molecule has 0 fully saturated rings. The molecular formula is C13H21N3O3. The minimum atomic E-state index is -0.569. The molecule has 6 heteroatoms. The Bertz CT molecular complexity index is 401. The van der Waals surface area contributed by atoms with Crippen molar-refractivity contribution in [3.8, 4) is 0 Å². The third kappa shape index (κ3) is 5.54. The monoisotopic (exact) mass is 267 g/mol. The van der Waals surface area contributed by atoms with Gasteiger partial charge in [-0.15, -0.1) is 0 Å². The number of carbonyl (C=O) groups excluding carboxylic acids is 2. The van der Waals surface area contributed by atoms with Crippen molar-refractivity contribution in [3.63, 3.8) is 0 Å². The van der Waals surface area contributed by atoms with Crippen molar-refractivity contribution in [2.75, 3.05) is 7.11 Å². The van der Waals surface area contributed by atoms with Crippen LogP contribution in [0.3, 0.4) is 0 Å². The van der Waals surface area contributed by atoms with Crippen LogP contribution in [0.4, 0.5) is 0 Å². The number of nitrogens with zero attached hydrogens (tertiary/aromatic N) is 2. The largest absolute Gasteiger partial charge is 0.467 e. The van der Waals surface area contributed by atoms with Crippen molar-refractivity contribution in [1.82, 2.24) is 14.9 Å². The van der Waals surface area contributed by atoms with Crippen LogP contribution in [0.5, 0.6) is 0 Å². The fourth-order valence-electron chi connectivity index (χ4n) is 1.74. The highest BCUT2D eigenvalue weighted by Gasteiger charge is 2.22. The number of rotatable bonds is 7. The summed E-state index contributed by atoms with van der Waals surface area (Å²) >= 11 is 0. The van der Waals surface area contributed by atoms with Crippen molar-refractivity contribution in [1.29, 1.82) is 0 Å². The van der Waals surface area contributed by atoms with E-state index < -0.39 is 12.0 Å². The second-order valence-corrected chi connectivity index (χ2v) is 4.82. The molecule has 1 atom stereocenters. The zero-order valence-electron chi connectivity index (χ0n) is 11.6. The summed E-state index contributed by atoms with van der Waals surface area (Å²) in [6.07, 6.45) is 5.98. The van der Waals surface area contributed by atoms with Crippen LogP contribution < -0.4 is 5.32 Å². The molecular weight excluding hydrogens is 246 g/mol. The molecule has 1 unspecified atom stereocenters. The van der Waals surface area contributed by atoms with Gasteiger partial charge in [-0.2, -0.15) is 0 Å². The average Bonchev–Trinajstić information content (AvgIpc) is 2.87. The smallest absolute Gasteiger partial charge is 0.328 e. The van der Waals surface area contributed by atoms with Crippen molar-refractivity contribution in [3.05, 3.63) is 18.7 Å². The molecule has 106 valence electrons. The fourth-order valence-corrected chi connectivity index (χ4v) is 1.74. The first-order valence-electron chi connectivity index (χ1n) is 6.36. The number of imidazole rings is 1. The topological polar surface area (TPSA) is 73.2 Å². The Hall–Kier alpha value is -1.85. The van der Waals surface area contributed by atoms with Gasteiger partial charge in [-0.25, -0.2) is 9.78 Å². The van der Waals surface area contributed by atoms with E-state index in [-0.39, 0.29) is 5.91 Å².